The minimum absolute atomic E-state index is 0.262. The van der Waals surface area contributed by atoms with Gasteiger partial charge in [0.15, 0.2) is 0 Å². The van der Waals surface area contributed by atoms with E-state index in [1.54, 1.807) is 0 Å². The molecule has 0 aromatic rings. The third-order valence-electron chi connectivity index (χ3n) is 3.19. The Morgan fingerprint density at radius 3 is 2.56 bits per heavy atom. The van der Waals surface area contributed by atoms with E-state index in [0.717, 1.165) is 25.9 Å². The van der Waals surface area contributed by atoms with Crippen molar-refractivity contribution in [1.29, 1.82) is 0 Å². The summed E-state index contributed by atoms with van der Waals surface area (Å²) in [7, 11) is 2.19. The highest BCUT2D eigenvalue weighted by atomic mass is 15.2. The minimum atomic E-state index is 0.262. The van der Waals surface area contributed by atoms with Gasteiger partial charge in [-0.25, -0.2) is 0 Å². The van der Waals surface area contributed by atoms with Gasteiger partial charge in [-0.05, 0) is 13.5 Å². The molecule has 1 aliphatic heterocycles. The van der Waals surface area contributed by atoms with Gasteiger partial charge in [-0.2, -0.15) is 0 Å². The molecule has 0 radical (unpaired) electrons. The predicted molar refractivity (Wildman–Crippen MR) is 69.5 cm³/mol. The summed E-state index contributed by atoms with van der Waals surface area (Å²) in [5.74, 6) is 2.81. The summed E-state index contributed by atoms with van der Waals surface area (Å²) in [5.41, 5.74) is 0. The number of nitrogens with one attached hydrogen (secondary N) is 1. The molecule has 16 heavy (non-hydrogen) atoms. The first kappa shape index (κ1) is 13.5. The Hall–Kier alpha value is -0.560. The number of piperazine rings is 1. The summed E-state index contributed by atoms with van der Waals surface area (Å²) in [4.78, 5) is 4.89. The van der Waals surface area contributed by atoms with Crippen LogP contribution in [0, 0.1) is 12.3 Å². The average molecular weight is 223 g/mol. The van der Waals surface area contributed by atoms with Crippen molar-refractivity contribution in [2.75, 3.05) is 46.3 Å². The molecule has 1 fully saturated rings. The van der Waals surface area contributed by atoms with E-state index in [2.05, 4.69) is 35.0 Å². The van der Waals surface area contributed by atoms with E-state index < -0.39 is 0 Å². The summed E-state index contributed by atoms with van der Waals surface area (Å²) in [6, 6.07) is 0.262. The first-order valence-corrected chi connectivity index (χ1v) is 6.36. The Balaban J connectivity index is 2.08. The number of hydrogen-bond acceptors (Lipinski definition) is 3. The quantitative estimate of drug-likeness (QED) is 0.666. The highest BCUT2D eigenvalue weighted by molar-refractivity contribution is 4.98. The van der Waals surface area contributed by atoms with Crippen LogP contribution in [0.2, 0.25) is 0 Å². The van der Waals surface area contributed by atoms with Gasteiger partial charge in [0.2, 0.25) is 0 Å². The highest BCUT2D eigenvalue weighted by Gasteiger charge is 2.13. The van der Waals surface area contributed by atoms with Crippen molar-refractivity contribution in [2.45, 2.75) is 25.8 Å². The molecule has 0 bridgehead atoms. The van der Waals surface area contributed by atoms with Crippen molar-refractivity contribution in [3.8, 4) is 12.3 Å². The molecule has 1 saturated heterocycles. The molecule has 3 nitrogen and oxygen atoms in total. The Morgan fingerprint density at radius 2 is 2.00 bits per heavy atom. The highest BCUT2D eigenvalue weighted by Crippen LogP contribution is 1.98. The molecule has 3 heteroatoms. The molecule has 0 amide bonds. The lowest BCUT2D eigenvalue weighted by molar-refractivity contribution is 0.154. The van der Waals surface area contributed by atoms with Crippen molar-refractivity contribution in [3.63, 3.8) is 0 Å². The maximum absolute atomic E-state index is 5.46. The van der Waals surface area contributed by atoms with Gasteiger partial charge < -0.3 is 10.2 Å². The fraction of sp³-hybridized carbons (Fsp3) is 0.846. The van der Waals surface area contributed by atoms with E-state index in [-0.39, 0.29) is 6.04 Å². The largest absolute Gasteiger partial charge is 0.304 e. The van der Waals surface area contributed by atoms with Gasteiger partial charge in [-0.15, -0.1) is 6.42 Å². The van der Waals surface area contributed by atoms with Crippen molar-refractivity contribution < 1.29 is 0 Å². The predicted octanol–water partition coefficient (Wildman–Crippen LogP) is 0.625. The molecule has 1 heterocycles. The molecule has 1 unspecified atom stereocenters. The zero-order valence-corrected chi connectivity index (χ0v) is 10.7. The first-order chi connectivity index (χ1) is 7.76. The van der Waals surface area contributed by atoms with Crippen LogP contribution >= 0.6 is 0 Å². The number of rotatable bonds is 6. The minimum Gasteiger partial charge on any atom is -0.304 e. The molecular weight excluding hydrogens is 198 g/mol. The van der Waals surface area contributed by atoms with Gasteiger partial charge in [0.25, 0.3) is 0 Å². The fourth-order valence-corrected chi connectivity index (χ4v) is 2.00. The van der Waals surface area contributed by atoms with E-state index in [1.807, 2.05) is 0 Å². The van der Waals surface area contributed by atoms with Crippen LogP contribution in [0.25, 0.3) is 0 Å². The van der Waals surface area contributed by atoms with Crippen molar-refractivity contribution in [3.05, 3.63) is 0 Å². The molecule has 1 N–H and O–H groups in total. The fourth-order valence-electron chi connectivity index (χ4n) is 2.00. The van der Waals surface area contributed by atoms with Crippen LogP contribution in [-0.4, -0.2) is 62.2 Å². The van der Waals surface area contributed by atoms with Crippen molar-refractivity contribution >= 4 is 0 Å². The van der Waals surface area contributed by atoms with Crippen LogP contribution in [0.5, 0.6) is 0 Å². The zero-order valence-electron chi connectivity index (χ0n) is 10.7. The second kappa shape index (κ2) is 7.67. The number of terminal acetylenes is 1. The number of hydrogen-bond donors (Lipinski definition) is 1. The van der Waals surface area contributed by atoms with E-state index in [4.69, 9.17) is 6.42 Å². The summed E-state index contributed by atoms with van der Waals surface area (Å²) in [5, 5.41) is 3.44. The maximum Gasteiger partial charge on any atom is 0.0687 e. The van der Waals surface area contributed by atoms with Crippen LogP contribution in [0.3, 0.4) is 0 Å². The third kappa shape index (κ3) is 4.98. The normalized spacial score (nSPS) is 20.6. The maximum atomic E-state index is 5.46. The lowest BCUT2D eigenvalue weighted by Crippen LogP contribution is -2.47. The second-order valence-corrected chi connectivity index (χ2v) is 4.61. The standard InChI is InChI=1S/C13H25N3/c1-4-6-13(5-2)14-7-8-16-11-9-15(3)10-12-16/h2,13-14H,4,6-12H2,1,3H3. The molecule has 0 aromatic carbocycles. The van der Waals surface area contributed by atoms with Crippen LogP contribution in [0.15, 0.2) is 0 Å². The van der Waals surface area contributed by atoms with E-state index in [9.17, 15) is 0 Å². The van der Waals surface area contributed by atoms with Gasteiger partial charge >= 0.3 is 0 Å². The molecule has 0 aromatic heterocycles. The SMILES string of the molecule is C#CC(CCC)NCCN1CCN(C)CC1. The van der Waals surface area contributed by atoms with Gasteiger partial charge in [-0.1, -0.05) is 19.3 Å². The van der Waals surface area contributed by atoms with Crippen LogP contribution < -0.4 is 5.32 Å². The Morgan fingerprint density at radius 1 is 1.31 bits per heavy atom. The first-order valence-electron chi connectivity index (χ1n) is 6.36. The van der Waals surface area contributed by atoms with Crippen LogP contribution in [0.4, 0.5) is 0 Å². The van der Waals surface area contributed by atoms with Gasteiger partial charge in [-0.3, -0.25) is 4.90 Å². The summed E-state index contributed by atoms with van der Waals surface area (Å²) in [6.45, 7) is 9.06. The summed E-state index contributed by atoms with van der Waals surface area (Å²) < 4.78 is 0. The molecular formula is C13H25N3. The van der Waals surface area contributed by atoms with E-state index in [0.29, 0.717) is 0 Å². The van der Waals surface area contributed by atoms with Crippen molar-refractivity contribution in [2.24, 2.45) is 0 Å². The number of likely N-dealkylation sites (N-methyl/N-ethyl adjacent to an activating group) is 1. The third-order valence-corrected chi connectivity index (χ3v) is 3.19. The van der Waals surface area contributed by atoms with Crippen LogP contribution in [-0.2, 0) is 0 Å². The Bertz CT molecular complexity index is 214. The molecule has 0 saturated carbocycles. The van der Waals surface area contributed by atoms with Gasteiger partial charge in [0.05, 0.1) is 6.04 Å². The topological polar surface area (TPSA) is 18.5 Å². The zero-order chi connectivity index (χ0) is 11.8. The van der Waals surface area contributed by atoms with Gasteiger partial charge in [0.1, 0.15) is 0 Å². The Kier molecular flexibility index (Phi) is 6.47. The molecule has 1 aliphatic rings. The number of nitrogens with zero attached hydrogens (tertiary/aromatic N) is 2. The molecule has 1 atom stereocenters. The average Bonchev–Trinajstić information content (AvgIpc) is 2.30. The second-order valence-electron chi connectivity index (χ2n) is 4.61. The van der Waals surface area contributed by atoms with Gasteiger partial charge in [0, 0.05) is 39.3 Å². The van der Waals surface area contributed by atoms with E-state index in [1.165, 1.54) is 26.2 Å². The van der Waals surface area contributed by atoms with Crippen molar-refractivity contribution in [1.82, 2.24) is 15.1 Å². The monoisotopic (exact) mass is 223 g/mol. The van der Waals surface area contributed by atoms with E-state index >= 15 is 0 Å². The molecule has 0 aliphatic carbocycles. The smallest absolute Gasteiger partial charge is 0.0687 e. The van der Waals surface area contributed by atoms with Crippen LogP contribution in [0.1, 0.15) is 19.8 Å². The summed E-state index contributed by atoms with van der Waals surface area (Å²) in [6.07, 6.45) is 7.70. The lowest BCUT2D eigenvalue weighted by atomic mass is 10.2. The Labute approximate surface area is 100 Å². The summed E-state index contributed by atoms with van der Waals surface area (Å²) >= 11 is 0. The molecule has 1 rings (SSSR count). The molecule has 92 valence electrons. The lowest BCUT2D eigenvalue weighted by Gasteiger charge is -2.32. The molecule has 0 spiro atoms.